The first-order valence-corrected chi connectivity index (χ1v) is 14.6. The molecule has 1 saturated carbocycles. The number of nitrogens with zero attached hydrogens (tertiary/aromatic N) is 1. The fraction of sp³-hybridized carbons (Fsp3) is 0.500. The number of likely N-dealkylation sites (tertiary alicyclic amines) is 1. The van der Waals surface area contributed by atoms with Gasteiger partial charge in [0.25, 0.3) is 5.91 Å². The van der Waals surface area contributed by atoms with Crippen LogP contribution < -0.4 is 5.32 Å². The highest BCUT2D eigenvalue weighted by Gasteiger charge is 2.71. The summed E-state index contributed by atoms with van der Waals surface area (Å²) < 4.78 is 58.0. The first kappa shape index (κ1) is 29.5. The topological polar surface area (TPSA) is 94.1 Å². The minimum Gasteiger partial charge on any atom is -0.504 e. The number of esters is 1. The summed E-state index contributed by atoms with van der Waals surface area (Å²) in [4.78, 5) is 26.2. The molecule has 3 fully saturated rings. The third-order valence-electron chi connectivity index (χ3n) is 10.1. The summed E-state index contributed by atoms with van der Waals surface area (Å²) in [6.07, 6.45) is 3.16. The summed E-state index contributed by atoms with van der Waals surface area (Å²) in [5.74, 6) is -4.27. The molecule has 1 amide bonds. The van der Waals surface area contributed by atoms with Gasteiger partial charge in [-0.25, -0.2) is 0 Å². The molecule has 6 rings (SSSR count). The van der Waals surface area contributed by atoms with Gasteiger partial charge in [0.2, 0.25) is 11.5 Å². The van der Waals surface area contributed by atoms with Crippen molar-refractivity contribution in [1.82, 2.24) is 5.32 Å². The SMILES string of the molecule is C=CC[N+]1(C)CC[C@]23C4=C5C=CC(NC(=O)C(OC(F)(F)F)=C(O)c6ccccc6)(OC(C)=O)C4O[C@H]2CCC[C@H]3[C@H]1C5. The van der Waals surface area contributed by atoms with E-state index in [1.165, 1.54) is 30.3 Å². The Hall–Kier alpha value is -3.57. The highest BCUT2D eigenvalue weighted by molar-refractivity contribution is 5.98. The standard InChI is InChI=1S/C32H35F3N2O6/c1-4-16-37(3)17-15-30-22-11-8-12-24(30)41-28-25(30)21(18-23(22)37)13-14-31(28,42-19(2)38)36-29(40)27(43-32(33,34)35)26(39)20-9-6-5-7-10-20/h4-7,9-10,13-14,22-24,28H,1,8,11-12,15-18H2,2-3H3,(H-,36,39,40)/p+1/t22-,23+,24-,28?,30+,31?,37?/m0/s1. The number of aliphatic hydroxyl groups is 1. The van der Waals surface area contributed by atoms with Crippen LogP contribution in [0.15, 0.2) is 72.0 Å². The minimum atomic E-state index is -5.29. The lowest BCUT2D eigenvalue weighted by atomic mass is 9.50. The summed E-state index contributed by atoms with van der Waals surface area (Å²) in [6.45, 7) is 6.89. The predicted molar refractivity (Wildman–Crippen MR) is 150 cm³/mol. The summed E-state index contributed by atoms with van der Waals surface area (Å²) in [7, 11) is 2.27. The Bertz CT molecular complexity index is 1440. The molecule has 1 aromatic carbocycles. The van der Waals surface area contributed by atoms with E-state index < -0.39 is 41.6 Å². The van der Waals surface area contributed by atoms with Gasteiger partial charge in [-0.3, -0.25) is 9.59 Å². The minimum absolute atomic E-state index is 0.0614. The lowest BCUT2D eigenvalue weighted by Crippen LogP contribution is -2.69. The highest BCUT2D eigenvalue weighted by atomic mass is 19.4. The molecule has 2 aliphatic heterocycles. The van der Waals surface area contributed by atoms with Crippen molar-refractivity contribution in [1.29, 1.82) is 0 Å². The number of amides is 1. The number of piperidine rings is 1. The Morgan fingerprint density at radius 2 is 2.00 bits per heavy atom. The number of aliphatic hydroxyl groups excluding tert-OH is 1. The molecule has 2 N–H and O–H groups in total. The van der Waals surface area contributed by atoms with E-state index in [0.29, 0.717) is 6.04 Å². The number of allylic oxidation sites excluding steroid dienone is 1. The fourth-order valence-electron chi connectivity index (χ4n) is 8.58. The fourth-order valence-corrected chi connectivity index (χ4v) is 8.58. The van der Waals surface area contributed by atoms with E-state index >= 15 is 0 Å². The molecule has 0 radical (unpaired) electrons. The van der Waals surface area contributed by atoms with Gasteiger partial charge in [-0.2, -0.15) is 0 Å². The van der Waals surface area contributed by atoms with Gasteiger partial charge in [-0.15, -0.1) is 13.2 Å². The molecule has 11 heteroatoms. The van der Waals surface area contributed by atoms with Gasteiger partial charge in [-0.05, 0) is 36.1 Å². The molecule has 2 bridgehead atoms. The Kier molecular flexibility index (Phi) is 7.04. The van der Waals surface area contributed by atoms with Crippen LogP contribution in [0.1, 0.15) is 44.6 Å². The summed E-state index contributed by atoms with van der Waals surface area (Å²) in [5, 5.41) is 13.3. The summed E-state index contributed by atoms with van der Waals surface area (Å²) in [6, 6.07) is 7.61. The molecule has 5 aliphatic rings. The van der Waals surface area contributed by atoms with Crippen molar-refractivity contribution in [3.05, 3.63) is 77.6 Å². The Morgan fingerprint density at radius 3 is 2.67 bits per heavy atom. The number of halogens is 3. The van der Waals surface area contributed by atoms with Crippen molar-refractivity contribution >= 4 is 17.6 Å². The largest absolute Gasteiger partial charge is 0.573 e. The monoisotopic (exact) mass is 601 g/mol. The predicted octanol–water partition coefficient (Wildman–Crippen LogP) is 5.05. The van der Waals surface area contributed by atoms with Crippen molar-refractivity contribution in [2.24, 2.45) is 11.3 Å². The van der Waals surface area contributed by atoms with E-state index in [9.17, 15) is 27.9 Å². The molecule has 7 atom stereocenters. The molecule has 0 aromatic heterocycles. The molecular formula is C32H36F3N2O6+. The third-order valence-corrected chi connectivity index (χ3v) is 10.1. The lowest BCUT2D eigenvalue weighted by Gasteiger charge is -2.61. The van der Waals surface area contributed by atoms with Crippen LogP contribution in [0.4, 0.5) is 13.2 Å². The first-order valence-electron chi connectivity index (χ1n) is 14.6. The molecule has 2 heterocycles. The number of hydrogen-bond acceptors (Lipinski definition) is 6. The van der Waals surface area contributed by atoms with Crippen LogP contribution in [0.2, 0.25) is 0 Å². The molecule has 3 aliphatic carbocycles. The molecule has 43 heavy (non-hydrogen) atoms. The number of hydrogen-bond donors (Lipinski definition) is 2. The number of rotatable bonds is 7. The zero-order valence-corrected chi connectivity index (χ0v) is 24.2. The van der Waals surface area contributed by atoms with Gasteiger partial charge in [0.1, 0.15) is 6.10 Å². The molecule has 1 spiro atoms. The normalized spacial score (nSPS) is 36.3. The van der Waals surface area contributed by atoms with Crippen molar-refractivity contribution in [2.75, 3.05) is 20.1 Å². The van der Waals surface area contributed by atoms with Gasteiger partial charge in [-0.1, -0.05) is 49.4 Å². The van der Waals surface area contributed by atoms with Crippen LogP contribution in [-0.4, -0.2) is 71.9 Å². The third kappa shape index (κ3) is 4.68. The van der Waals surface area contributed by atoms with Crippen molar-refractivity contribution < 1.29 is 46.6 Å². The maximum absolute atomic E-state index is 13.7. The van der Waals surface area contributed by atoms with E-state index in [0.717, 1.165) is 67.7 Å². The van der Waals surface area contributed by atoms with Crippen LogP contribution in [0.5, 0.6) is 0 Å². The Balaban J connectivity index is 1.43. The first-order chi connectivity index (χ1) is 20.3. The van der Waals surface area contributed by atoms with Gasteiger partial charge >= 0.3 is 12.3 Å². The van der Waals surface area contributed by atoms with Crippen LogP contribution >= 0.6 is 0 Å². The van der Waals surface area contributed by atoms with Crippen LogP contribution in [0.3, 0.4) is 0 Å². The summed E-state index contributed by atoms with van der Waals surface area (Å²) in [5.41, 5.74) is -0.348. The van der Waals surface area contributed by atoms with Crippen LogP contribution in [0, 0.1) is 11.3 Å². The number of carbonyl (C=O) groups is 2. The molecule has 8 nitrogen and oxygen atoms in total. The number of alkyl halides is 3. The van der Waals surface area contributed by atoms with Crippen molar-refractivity contribution in [2.45, 2.75) is 69.4 Å². The van der Waals surface area contributed by atoms with E-state index in [2.05, 4.69) is 23.7 Å². The second-order valence-corrected chi connectivity index (χ2v) is 12.5. The van der Waals surface area contributed by atoms with Gasteiger partial charge in [0, 0.05) is 36.7 Å². The number of quaternary nitrogens is 1. The number of likely N-dealkylation sites (N-methyl/N-ethyl adjacent to an activating group) is 1. The smallest absolute Gasteiger partial charge is 0.504 e. The second kappa shape index (κ2) is 10.3. The van der Waals surface area contributed by atoms with E-state index in [1.807, 2.05) is 12.2 Å². The molecule has 3 unspecified atom stereocenters. The number of nitrogens with one attached hydrogen (secondary N) is 1. The quantitative estimate of drug-likeness (QED) is 0.113. The molecule has 1 aromatic rings. The van der Waals surface area contributed by atoms with Gasteiger partial charge in [0.05, 0.1) is 32.3 Å². The van der Waals surface area contributed by atoms with E-state index in [4.69, 9.17) is 9.47 Å². The Morgan fingerprint density at radius 1 is 1.26 bits per heavy atom. The van der Waals surface area contributed by atoms with Gasteiger partial charge in [0.15, 0.2) is 5.76 Å². The molecular weight excluding hydrogens is 565 g/mol. The highest BCUT2D eigenvalue weighted by Crippen LogP contribution is 2.67. The Labute approximate surface area is 248 Å². The van der Waals surface area contributed by atoms with Crippen LogP contribution in [0.25, 0.3) is 5.76 Å². The summed E-state index contributed by atoms with van der Waals surface area (Å²) >= 11 is 0. The van der Waals surface area contributed by atoms with E-state index in [-0.39, 0.29) is 23.0 Å². The van der Waals surface area contributed by atoms with Crippen molar-refractivity contribution in [3.8, 4) is 0 Å². The average Bonchev–Trinajstić information content (AvgIpc) is 3.30. The number of carbonyl (C=O) groups excluding carboxylic acids is 2. The maximum Gasteiger partial charge on any atom is 0.573 e. The molecule has 230 valence electrons. The van der Waals surface area contributed by atoms with Gasteiger partial charge < -0.3 is 29.1 Å². The average molecular weight is 602 g/mol. The maximum atomic E-state index is 13.7. The van der Waals surface area contributed by atoms with Crippen LogP contribution in [-0.2, 0) is 23.8 Å². The second-order valence-electron chi connectivity index (χ2n) is 12.5. The number of ether oxygens (including phenoxy) is 3. The van der Waals surface area contributed by atoms with E-state index in [1.54, 1.807) is 6.07 Å². The lowest BCUT2D eigenvalue weighted by molar-refractivity contribution is -0.940. The number of benzene rings is 1. The zero-order valence-electron chi connectivity index (χ0n) is 24.2. The van der Waals surface area contributed by atoms with Crippen molar-refractivity contribution in [3.63, 3.8) is 0 Å². The zero-order chi connectivity index (χ0) is 30.8. The molecule has 2 saturated heterocycles.